The van der Waals surface area contributed by atoms with Crippen molar-refractivity contribution in [1.29, 1.82) is 0 Å². The van der Waals surface area contributed by atoms with Crippen LogP contribution in [-0.4, -0.2) is 45.7 Å². The predicted molar refractivity (Wildman–Crippen MR) is 117 cm³/mol. The SMILES string of the molecule is CC1(C)CC(=O)C2=C(C1)N(CCc1ccccc1)C(=O)C2(NC(=O)c1ccncc1)C(F)(F)F. The van der Waals surface area contributed by atoms with Crippen molar-refractivity contribution in [1.82, 2.24) is 15.2 Å². The number of rotatable bonds is 5. The first-order chi connectivity index (χ1) is 16.0. The van der Waals surface area contributed by atoms with E-state index in [-0.39, 0.29) is 30.6 Å². The molecule has 0 saturated carbocycles. The van der Waals surface area contributed by atoms with E-state index in [1.54, 1.807) is 26.0 Å². The largest absolute Gasteiger partial charge is 0.425 e. The molecule has 1 aromatic carbocycles. The van der Waals surface area contributed by atoms with Crippen LogP contribution < -0.4 is 5.32 Å². The van der Waals surface area contributed by atoms with E-state index < -0.39 is 40.3 Å². The molecule has 178 valence electrons. The highest BCUT2D eigenvalue weighted by Gasteiger charge is 2.71. The fourth-order valence-electron chi connectivity index (χ4n) is 4.69. The Morgan fingerprint density at radius 1 is 1.06 bits per heavy atom. The Morgan fingerprint density at radius 2 is 1.71 bits per heavy atom. The van der Waals surface area contributed by atoms with Crippen LogP contribution in [0.2, 0.25) is 0 Å². The lowest BCUT2D eigenvalue weighted by Gasteiger charge is -2.35. The molecule has 0 bridgehead atoms. The van der Waals surface area contributed by atoms with E-state index in [0.717, 1.165) is 10.5 Å². The zero-order valence-electron chi connectivity index (χ0n) is 18.8. The van der Waals surface area contributed by atoms with Gasteiger partial charge in [0, 0.05) is 36.6 Å². The van der Waals surface area contributed by atoms with Crippen molar-refractivity contribution in [3.05, 3.63) is 77.3 Å². The first-order valence-electron chi connectivity index (χ1n) is 10.9. The van der Waals surface area contributed by atoms with Crippen LogP contribution in [0.25, 0.3) is 0 Å². The number of hydrogen-bond acceptors (Lipinski definition) is 4. The van der Waals surface area contributed by atoms with Gasteiger partial charge in [0.15, 0.2) is 5.78 Å². The highest BCUT2D eigenvalue weighted by molar-refractivity contribution is 6.14. The van der Waals surface area contributed by atoms with Crippen LogP contribution >= 0.6 is 0 Å². The number of carbonyl (C=O) groups excluding carboxylic acids is 3. The van der Waals surface area contributed by atoms with Gasteiger partial charge in [0.2, 0.25) is 5.54 Å². The topological polar surface area (TPSA) is 79.4 Å². The molecule has 0 saturated heterocycles. The monoisotopic (exact) mass is 471 g/mol. The number of nitrogens with zero attached hydrogens (tertiary/aromatic N) is 2. The molecule has 1 aliphatic heterocycles. The molecule has 0 radical (unpaired) electrons. The van der Waals surface area contributed by atoms with Gasteiger partial charge in [-0.1, -0.05) is 44.2 Å². The highest BCUT2D eigenvalue weighted by Crippen LogP contribution is 2.51. The van der Waals surface area contributed by atoms with Crippen molar-refractivity contribution in [2.24, 2.45) is 5.41 Å². The Labute approximate surface area is 194 Å². The van der Waals surface area contributed by atoms with E-state index in [9.17, 15) is 27.6 Å². The number of aromatic nitrogens is 1. The van der Waals surface area contributed by atoms with E-state index in [2.05, 4.69) is 4.98 Å². The summed E-state index contributed by atoms with van der Waals surface area (Å²) in [6.45, 7) is 3.50. The van der Waals surface area contributed by atoms with Crippen molar-refractivity contribution < 1.29 is 27.6 Å². The maximum Gasteiger partial charge on any atom is 0.425 e. The first kappa shape index (κ1) is 23.7. The molecule has 1 aromatic heterocycles. The number of hydrogen-bond donors (Lipinski definition) is 1. The maximum absolute atomic E-state index is 14.8. The molecule has 34 heavy (non-hydrogen) atoms. The lowest BCUT2D eigenvalue weighted by Crippen LogP contribution is -2.66. The van der Waals surface area contributed by atoms with Crippen molar-refractivity contribution in [2.45, 2.75) is 44.8 Å². The second kappa shape index (κ2) is 8.38. The molecule has 2 aliphatic rings. The fraction of sp³-hybridized carbons (Fsp3) is 0.360. The molecule has 2 amide bonds. The smallest absolute Gasteiger partial charge is 0.326 e. The molecular weight excluding hydrogens is 447 g/mol. The molecule has 2 aromatic rings. The van der Waals surface area contributed by atoms with Crippen LogP contribution in [0, 0.1) is 5.41 Å². The summed E-state index contributed by atoms with van der Waals surface area (Å²) < 4.78 is 44.3. The number of pyridine rings is 1. The molecule has 9 heteroatoms. The van der Waals surface area contributed by atoms with E-state index in [0.29, 0.717) is 6.42 Å². The molecule has 6 nitrogen and oxygen atoms in total. The summed E-state index contributed by atoms with van der Waals surface area (Å²) in [4.78, 5) is 44.4. The summed E-state index contributed by atoms with van der Waals surface area (Å²) in [7, 11) is 0. The van der Waals surface area contributed by atoms with E-state index >= 15 is 0 Å². The summed E-state index contributed by atoms with van der Waals surface area (Å²) in [6.07, 6.45) is -2.46. The summed E-state index contributed by atoms with van der Waals surface area (Å²) in [6, 6.07) is 11.5. The van der Waals surface area contributed by atoms with E-state index in [1.807, 2.05) is 23.5 Å². The van der Waals surface area contributed by atoms with Crippen molar-refractivity contribution >= 4 is 17.6 Å². The van der Waals surface area contributed by atoms with Crippen LogP contribution in [0.3, 0.4) is 0 Å². The number of Topliss-reactive ketones (excluding diaryl/α,β-unsaturated/α-hetero) is 1. The molecule has 4 rings (SSSR count). The third-order valence-electron chi connectivity index (χ3n) is 6.25. The van der Waals surface area contributed by atoms with Crippen LogP contribution in [0.5, 0.6) is 0 Å². The highest BCUT2D eigenvalue weighted by atomic mass is 19.4. The molecule has 2 heterocycles. The first-order valence-corrected chi connectivity index (χ1v) is 10.9. The molecule has 1 atom stereocenters. The van der Waals surface area contributed by atoms with Crippen LogP contribution in [0.1, 0.15) is 42.6 Å². The van der Waals surface area contributed by atoms with Gasteiger partial charge < -0.3 is 10.2 Å². The Hall–Kier alpha value is -3.49. The van der Waals surface area contributed by atoms with Gasteiger partial charge in [-0.05, 0) is 36.0 Å². The standard InChI is InChI=1S/C25H24F3N3O3/c1-23(2)14-18-20(19(32)15-23)24(25(26,27)28,30-21(33)17-8-11-29-12-9-17)22(34)31(18)13-10-16-6-4-3-5-7-16/h3-9,11-12H,10,13-15H2,1-2H3,(H,30,33). The quantitative estimate of drug-likeness (QED) is 0.719. The average molecular weight is 471 g/mol. The second-order valence-corrected chi connectivity index (χ2v) is 9.39. The number of amides is 2. The van der Waals surface area contributed by atoms with Gasteiger partial charge >= 0.3 is 6.18 Å². The maximum atomic E-state index is 14.8. The van der Waals surface area contributed by atoms with Crippen LogP contribution in [0.15, 0.2) is 66.1 Å². The Bertz CT molecular complexity index is 1160. The number of allylic oxidation sites excluding steroid dienone is 1. The molecule has 1 aliphatic carbocycles. The van der Waals surface area contributed by atoms with Gasteiger partial charge in [0.05, 0.1) is 5.57 Å². The summed E-state index contributed by atoms with van der Waals surface area (Å²) >= 11 is 0. The van der Waals surface area contributed by atoms with Gasteiger partial charge in [0.25, 0.3) is 11.8 Å². The molecular formula is C25H24F3N3O3. The second-order valence-electron chi connectivity index (χ2n) is 9.39. The number of halogens is 3. The lowest BCUT2D eigenvalue weighted by molar-refractivity contribution is -0.190. The Kier molecular flexibility index (Phi) is 5.83. The normalized spacial score (nSPS) is 22.1. The minimum atomic E-state index is -5.23. The molecule has 0 spiro atoms. The summed E-state index contributed by atoms with van der Waals surface area (Å²) in [5.74, 6) is -3.24. The van der Waals surface area contributed by atoms with Gasteiger partial charge in [0.1, 0.15) is 0 Å². The number of benzene rings is 1. The average Bonchev–Trinajstić information content (AvgIpc) is 3.00. The number of nitrogens with one attached hydrogen (secondary N) is 1. The third kappa shape index (κ3) is 3.99. The predicted octanol–water partition coefficient (Wildman–Crippen LogP) is 3.84. The molecule has 1 N–H and O–H groups in total. The minimum absolute atomic E-state index is 0.0366. The zero-order valence-corrected chi connectivity index (χ0v) is 18.8. The fourth-order valence-corrected chi connectivity index (χ4v) is 4.69. The van der Waals surface area contributed by atoms with Crippen LogP contribution in [-0.2, 0) is 16.0 Å². The number of carbonyl (C=O) groups is 3. The van der Waals surface area contributed by atoms with Crippen molar-refractivity contribution in [2.75, 3.05) is 6.54 Å². The Balaban J connectivity index is 1.81. The summed E-state index contributed by atoms with van der Waals surface area (Å²) in [5.41, 5.74) is -3.95. The van der Waals surface area contributed by atoms with Crippen LogP contribution in [0.4, 0.5) is 13.2 Å². The zero-order chi connectivity index (χ0) is 24.7. The van der Waals surface area contributed by atoms with E-state index in [1.165, 1.54) is 24.5 Å². The van der Waals surface area contributed by atoms with Crippen molar-refractivity contribution in [3.8, 4) is 0 Å². The molecule has 1 unspecified atom stereocenters. The lowest BCUT2D eigenvalue weighted by atomic mass is 9.72. The van der Waals surface area contributed by atoms with E-state index in [4.69, 9.17) is 0 Å². The molecule has 0 fully saturated rings. The third-order valence-corrected chi connectivity index (χ3v) is 6.25. The Morgan fingerprint density at radius 3 is 2.32 bits per heavy atom. The summed E-state index contributed by atoms with van der Waals surface area (Å²) in [5, 5.41) is 1.92. The van der Waals surface area contributed by atoms with Gasteiger partial charge in [-0.3, -0.25) is 19.4 Å². The number of ketones is 1. The van der Waals surface area contributed by atoms with Gasteiger partial charge in [-0.15, -0.1) is 0 Å². The minimum Gasteiger partial charge on any atom is -0.326 e. The van der Waals surface area contributed by atoms with Gasteiger partial charge in [-0.25, -0.2) is 0 Å². The van der Waals surface area contributed by atoms with Gasteiger partial charge in [-0.2, -0.15) is 13.2 Å². The van der Waals surface area contributed by atoms with Crippen molar-refractivity contribution in [3.63, 3.8) is 0 Å². The number of alkyl halides is 3.